The number of esters is 1. The summed E-state index contributed by atoms with van der Waals surface area (Å²) in [6.07, 6.45) is 0. The zero-order chi connectivity index (χ0) is 16.0. The molecule has 2 aromatic rings. The molecular formula is C15H17BrClNO3. The van der Waals surface area contributed by atoms with E-state index in [9.17, 15) is 4.79 Å². The number of carbonyl (C=O) groups excluding carboxylic acids is 1. The molecule has 6 heteroatoms. The van der Waals surface area contributed by atoms with Gasteiger partial charge in [0.15, 0.2) is 0 Å². The molecule has 114 valence electrons. The molecule has 1 heterocycles. The first-order valence-electron chi connectivity index (χ1n) is 6.42. The number of nitrogens with zero attached hydrogens (tertiary/aromatic N) is 1. The molecular weight excluding hydrogens is 358 g/mol. The fraction of sp³-hybridized carbons (Fsp3) is 0.333. The predicted molar refractivity (Wildman–Crippen MR) is 88.6 cm³/mol. The molecule has 0 spiro atoms. The molecule has 0 fully saturated rings. The van der Waals surface area contributed by atoms with Gasteiger partial charge >= 0.3 is 5.97 Å². The van der Waals surface area contributed by atoms with E-state index in [1.807, 2.05) is 19.9 Å². The molecule has 1 aromatic carbocycles. The third-order valence-electron chi connectivity index (χ3n) is 2.67. The lowest BCUT2D eigenvalue weighted by Gasteiger charge is -2.10. The van der Waals surface area contributed by atoms with E-state index in [-0.39, 0.29) is 11.4 Å². The Balaban J connectivity index is 0.00000106. The lowest BCUT2D eigenvalue weighted by molar-refractivity contribution is 0.0596. The molecule has 0 atom stereocenters. The number of hydrogen-bond donors (Lipinski definition) is 0. The van der Waals surface area contributed by atoms with Gasteiger partial charge in [-0.3, -0.25) is 0 Å². The molecule has 0 radical (unpaired) electrons. The fourth-order valence-electron chi connectivity index (χ4n) is 1.82. The van der Waals surface area contributed by atoms with Gasteiger partial charge in [0, 0.05) is 15.7 Å². The van der Waals surface area contributed by atoms with Crippen molar-refractivity contribution in [2.75, 3.05) is 14.2 Å². The second-order valence-electron chi connectivity index (χ2n) is 3.81. The summed E-state index contributed by atoms with van der Waals surface area (Å²) in [5, 5.41) is 1.96. The Hall–Kier alpha value is -1.33. The van der Waals surface area contributed by atoms with Crippen molar-refractivity contribution in [1.29, 1.82) is 0 Å². The number of alkyl halides is 1. The molecule has 21 heavy (non-hydrogen) atoms. The number of methoxy groups -OCH3 is 2. The smallest absolute Gasteiger partial charge is 0.343 e. The van der Waals surface area contributed by atoms with Gasteiger partial charge in [0.1, 0.15) is 5.56 Å². The molecule has 0 unspecified atom stereocenters. The van der Waals surface area contributed by atoms with Gasteiger partial charge < -0.3 is 9.47 Å². The van der Waals surface area contributed by atoms with Crippen LogP contribution in [0.1, 0.15) is 29.8 Å². The van der Waals surface area contributed by atoms with Crippen LogP contribution >= 0.6 is 27.5 Å². The molecule has 0 aliphatic rings. The minimum Gasteiger partial charge on any atom is -0.480 e. The van der Waals surface area contributed by atoms with Gasteiger partial charge in [0.05, 0.1) is 19.7 Å². The van der Waals surface area contributed by atoms with E-state index in [0.717, 1.165) is 16.5 Å². The third-order valence-corrected chi connectivity index (χ3v) is 3.49. The number of hydrogen-bond acceptors (Lipinski definition) is 4. The van der Waals surface area contributed by atoms with Gasteiger partial charge in [-0.1, -0.05) is 41.4 Å². The van der Waals surface area contributed by atoms with E-state index in [4.69, 9.17) is 21.1 Å². The lowest BCUT2D eigenvalue weighted by Crippen LogP contribution is -2.06. The number of aromatic nitrogens is 1. The molecule has 0 aliphatic carbocycles. The molecule has 0 N–H and O–H groups in total. The molecule has 1 aromatic heterocycles. The molecule has 0 aliphatic heterocycles. The Bertz CT molecular complexity index is 646. The summed E-state index contributed by atoms with van der Waals surface area (Å²) in [5.41, 5.74) is 1.95. The third kappa shape index (κ3) is 3.86. The second-order valence-corrected chi connectivity index (χ2v) is 4.80. The van der Waals surface area contributed by atoms with Gasteiger partial charge in [-0.05, 0) is 23.8 Å². The number of fused-ring (bicyclic) bond motifs is 1. The van der Waals surface area contributed by atoms with Crippen molar-refractivity contribution in [2.24, 2.45) is 0 Å². The first-order chi connectivity index (χ1) is 10.1. The highest BCUT2D eigenvalue weighted by atomic mass is 79.9. The van der Waals surface area contributed by atoms with E-state index >= 15 is 0 Å². The number of halogens is 2. The second kappa shape index (κ2) is 8.20. The Morgan fingerprint density at radius 2 is 1.95 bits per heavy atom. The molecule has 0 amide bonds. The minimum atomic E-state index is -0.494. The first kappa shape index (κ1) is 17.7. The maximum atomic E-state index is 11.7. The van der Waals surface area contributed by atoms with E-state index < -0.39 is 5.97 Å². The molecule has 0 saturated carbocycles. The number of benzene rings is 1. The first-order valence-corrected chi connectivity index (χ1v) is 7.92. The van der Waals surface area contributed by atoms with Crippen molar-refractivity contribution in [3.05, 3.63) is 34.3 Å². The normalized spacial score (nSPS) is 9.81. The van der Waals surface area contributed by atoms with Crippen LogP contribution in [0.2, 0.25) is 5.02 Å². The van der Waals surface area contributed by atoms with Crippen molar-refractivity contribution in [3.8, 4) is 5.88 Å². The van der Waals surface area contributed by atoms with Crippen LogP contribution in [0.5, 0.6) is 5.88 Å². The van der Waals surface area contributed by atoms with E-state index in [1.165, 1.54) is 14.2 Å². The van der Waals surface area contributed by atoms with Crippen LogP contribution in [0, 0.1) is 0 Å². The maximum Gasteiger partial charge on any atom is 0.343 e. The number of ether oxygens (including phenoxy) is 2. The summed E-state index contributed by atoms with van der Waals surface area (Å²) in [7, 11) is 2.78. The fourth-order valence-corrected chi connectivity index (χ4v) is 2.49. The Kier molecular flexibility index (Phi) is 6.92. The summed E-state index contributed by atoms with van der Waals surface area (Å²) in [6, 6.07) is 5.25. The SMILES string of the molecule is CC.COC(=O)c1cc2cc(Cl)cc(CBr)c2nc1OC. The summed E-state index contributed by atoms with van der Waals surface area (Å²) in [4.78, 5) is 16.1. The van der Waals surface area contributed by atoms with Gasteiger partial charge in [0.2, 0.25) is 5.88 Å². The average molecular weight is 375 g/mol. The summed E-state index contributed by atoms with van der Waals surface area (Å²) < 4.78 is 9.86. The topological polar surface area (TPSA) is 48.4 Å². The predicted octanol–water partition coefficient (Wildman–Crippen LogP) is 4.60. The van der Waals surface area contributed by atoms with Gasteiger partial charge in [-0.15, -0.1) is 0 Å². The Morgan fingerprint density at radius 1 is 1.29 bits per heavy atom. The van der Waals surface area contributed by atoms with Gasteiger partial charge in [0.25, 0.3) is 0 Å². The molecule has 0 bridgehead atoms. The summed E-state index contributed by atoms with van der Waals surface area (Å²) in [6.45, 7) is 4.00. The monoisotopic (exact) mass is 373 g/mol. The van der Waals surface area contributed by atoms with Gasteiger partial charge in [-0.25, -0.2) is 9.78 Å². The van der Waals surface area contributed by atoms with E-state index in [2.05, 4.69) is 20.9 Å². The van der Waals surface area contributed by atoms with Crippen molar-refractivity contribution in [2.45, 2.75) is 19.2 Å². The van der Waals surface area contributed by atoms with Crippen LogP contribution < -0.4 is 4.74 Å². The standard InChI is InChI=1S/C13H11BrClNO3.C2H6/c1-18-12-10(13(17)19-2)5-7-3-9(15)4-8(6-14)11(7)16-12;1-2/h3-5H,6H2,1-2H3;1-2H3. The van der Waals surface area contributed by atoms with E-state index in [1.54, 1.807) is 12.1 Å². The largest absolute Gasteiger partial charge is 0.480 e. The van der Waals surface area contributed by atoms with Crippen LogP contribution in [0.3, 0.4) is 0 Å². The number of carbonyl (C=O) groups is 1. The number of rotatable bonds is 3. The van der Waals surface area contributed by atoms with Crippen LogP contribution in [-0.2, 0) is 10.1 Å². The number of pyridine rings is 1. The van der Waals surface area contributed by atoms with Crippen molar-refractivity contribution in [1.82, 2.24) is 4.98 Å². The minimum absolute atomic E-state index is 0.240. The van der Waals surface area contributed by atoms with Crippen molar-refractivity contribution in [3.63, 3.8) is 0 Å². The van der Waals surface area contributed by atoms with Crippen LogP contribution in [0.4, 0.5) is 0 Å². The lowest BCUT2D eigenvalue weighted by atomic mass is 10.1. The average Bonchev–Trinajstić information content (AvgIpc) is 2.53. The quantitative estimate of drug-likeness (QED) is 0.582. The molecule has 4 nitrogen and oxygen atoms in total. The highest BCUT2D eigenvalue weighted by molar-refractivity contribution is 9.08. The van der Waals surface area contributed by atoms with Crippen LogP contribution in [0.25, 0.3) is 10.9 Å². The zero-order valence-electron chi connectivity index (χ0n) is 12.4. The molecule has 2 rings (SSSR count). The van der Waals surface area contributed by atoms with E-state index in [0.29, 0.717) is 10.4 Å². The van der Waals surface area contributed by atoms with Crippen molar-refractivity contribution < 1.29 is 14.3 Å². The molecule has 0 saturated heterocycles. The van der Waals surface area contributed by atoms with Crippen LogP contribution in [0.15, 0.2) is 18.2 Å². The highest BCUT2D eigenvalue weighted by Crippen LogP contribution is 2.29. The Morgan fingerprint density at radius 3 is 2.48 bits per heavy atom. The summed E-state index contributed by atoms with van der Waals surface area (Å²) >= 11 is 9.44. The van der Waals surface area contributed by atoms with Crippen molar-refractivity contribution >= 4 is 44.4 Å². The Labute approximate surface area is 137 Å². The summed E-state index contributed by atoms with van der Waals surface area (Å²) in [5.74, 6) is -0.254. The zero-order valence-corrected chi connectivity index (χ0v) is 14.7. The highest BCUT2D eigenvalue weighted by Gasteiger charge is 2.17. The van der Waals surface area contributed by atoms with Crippen LogP contribution in [-0.4, -0.2) is 25.2 Å². The maximum absolute atomic E-state index is 11.7. The van der Waals surface area contributed by atoms with Gasteiger partial charge in [-0.2, -0.15) is 0 Å².